The zero-order chi connectivity index (χ0) is 25.5. The smallest absolute Gasteiger partial charge is 0.195 e. The molecule has 0 saturated heterocycles. The van der Waals surface area contributed by atoms with Gasteiger partial charge in [-0.25, -0.2) is 0 Å². The molecule has 0 aliphatic carbocycles. The van der Waals surface area contributed by atoms with Crippen molar-refractivity contribution in [1.29, 1.82) is 0 Å². The zero-order valence-corrected chi connectivity index (χ0v) is 23.3. The molecule has 0 saturated carbocycles. The Hall–Kier alpha value is -2.71. The summed E-state index contributed by atoms with van der Waals surface area (Å²) in [6.45, 7) is 20.3. The molecule has 1 nitrogen and oxygen atoms in total. The summed E-state index contributed by atoms with van der Waals surface area (Å²) in [6, 6.07) is 20.0. The normalized spacial score (nSPS) is 13.4. The van der Waals surface area contributed by atoms with E-state index >= 15 is 0 Å². The van der Waals surface area contributed by atoms with Gasteiger partial charge in [-0.15, -0.1) is 11.3 Å². The average molecular weight is 481 g/mol. The van der Waals surface area contributed by atoms with Gasteiger partial charge in [-0.2, -0.15) is 0 Å². The standard InChI is InChI=1S/C33H36OS/c1-31(2,3)21-10-13-28-25(18-21)30(34)24-16-19-14-22-23(15-20(19)17-29(24)35-28)27(33(7,8)9)12-11-26(22)32(4,5)6/h10-18H,1-9H3. The van der Waals surface area contributed by atoms with Crippen LogP contribution < -0.4 is 5.43 Å². The Labute approximate surface area is 212 Å². The van der Waals surface area contributed by atoms with Crippen molar-refractivity contribution in [2.75, 3.05) is 0 Å². The SMILES string of the molecule is CC(C)(C)c1ccc2sc3cc4cc5c(C(C)(C)C)ccc(C(C)(C)C)c5cc4cc3c(=O)c2c1. The van der Waals surface area contributed by atoms with Crippen LogP contribution in [0.15, 0.2) is 59.4 Å². The molecule has 180 valence electrons. The maximum Gasteiger partial charge on any atom is 0.195 e. The van der Waals surface area contributed by atoms with Crippen LogP contribution in [0.3, 0.4) is 0 Å². The largest absolute Gasteiger partial charge is 0.289 e. The minimum atomic E-state index is 0.0106. The van der Waals surface area contributed by atoms with E-state index in [0.29, 0.717) is 0 Å². The van der Waals surface area contributed by atoms with Crippen molar-refractivity contribution in [1.82, 2.24) is 0 Å². The van der Waals surface area contributed by atoms with Crippen molar-refractivity contribution in [3.63, 3.8) is 0 Å². The predicted molar refractivity (Wildman–Crippen MR) is 157 cm³/mol. The Morgan fingerprint density at radius 2 is 1.00 bits per heavy atom. The minimum Gasteiger partial charge on any atom is -0.289 e. The van der Waals surface area contributed by atoms with E-state index in [1.807, 2.05) is 0 Å². The Balaban J connectivity index is 1.89. The summed E-state index contributed by atoms with van der Waals surface area (Å²) in [4.78, 5) is 13.7. The van der Waals surface area contributed by atoms with Crippen molar-refractivity contribution in [2.24, 2.45) is 0 Å². The van der Waals surface area contributed by atoms with Crippen molar-refractivity contribution in [3.8, 4) is 0 Å². The van der Waals surface area contributed by atoms with Crippen LogP contribution in [0, 0.1) is 0 Å². The Kier molecular flexibility index (Phi) is 5.24. The first kappa shape index (κ1) is 24.0. The van der Waals surface area contributed by atoms with Crippen LogP contribution in [0.25, 0.3) is 41.7 Å². The number of benzene rings is 4. The minimum absolute atomic E-state index is 0.0106. The number of hydrogen-bond donors (Lipinski definition) is 0. The monoisotopic (exact) mass is 480 g/mol. The van der Waals surface area contributed by atoms with E-state index in [0.717, 1.165) is 25.6 Å². The lowest BCUT2D eigenvalue weighted by atomic mass is 9.77. The quantitative estimate of drug-likeness (QED) is 0.202. The van der Waals surface area contributed by atoms with Gasteiger partial charge in [-0.1, -0.05) is 80.5 Å². The summed E-state index contributed by atoms with van der Waals surface area (Å²) in [5.74, 6) is 0. The van der Waals surface area contributed by atoms with E-state index in [9.17, 15) is 4.79 Å². The lowest BCUT2D eigenvalue weighted by Gasteiger charge is -2.27. The van der Waals surface area contributed by atoms with Gasteiger partial charge in [0.1, 0.15) is 0 Å². The fourth-order valence-electron chi connectivity index (χ4n) is 5.22. The van der Waals surface area contributed by atoms with Gasteiger partial charge < -0.3 is 0 Å². The fraction of sp³-hybridized carbons (Fsp3) is 0.364. The second-order valence-corrected chi connectivity index (χ2v) is 14.2. The third-order valence-electron chi connectivity index (χ3n) is 7.24. The van der Waals surface area contributed by atoms with Crippen LogP contribution in [-0.2, 0) is 16.2 Å². The maximum absolute atomic E-state index is 13.7. The van der Waals surface area contributed by atoms with E-state index in [2.05, 4.69) is 117 Å². The molecule has 0 unspecified atom stereocenters. The Morgan fingerprint density at radius 3 is 1.51 bits per heavy atom. The van der Waals surface area contributed by atoms with Crippen LogP contribution in [0.5, 0.6) is 0 Å². The van der Waals surface area contributed by atoms with Crippen LogP contribution in [-0.4, -0.2) is 0 Å². The van der Waals surface area contributed by atoms with E-state index < -0.39 is 0 Å². The molecule has 5 rings (SSSR count). The van der Waals surface area contributed by atoms with Gasteiger partial charge in [0.05, 0.1) is 0 Å². The van der Waals surface area contributed by atoms with E-state index in [1.54, 1.807) is 11.3 Å². The summed E-state index contributed by atoms with van der Waals surface area (Å²) in [5, 5.41) is 6.61. The molecule has 0 amide bonds. The van der Waals surface area contributed by atoms with E-state index in [1.165, 1.54) is 32.8 Å². The molecular formula is C33H36OS. The van der Waals surface area contributed by atoms with Crippen LogP contribution in [0.4, 0.5) is 0 Å². The van der Waals surface area contributed by atoms with Gasteiger partial charge in [0.25, 0.3) is 0 Å². The van der Waals surface area contributed by atoms with Crippen molar-refractivity contribution >= 4 is 53.1 Å². The highest BCUT2D eigenvalue weighted by atomic mass is 32.1. The molecule has 0 radical (unpaired) electrons. The van der Waals surface area contributed by atoms with Crippen LogP contribution in [0.2, 0.25) is 0 Å². The number of rotatable bonds is 0. The van der Waals surface area contributed by atoms with Crippen molar-refractivity contribution in [3.05, 3.63) is 81.5 Å². The van der Waals surface area contributed by atoms with Crippen molar-refractivity contribution < 1.29 is 0 Å². The Morgan fingerprint density at radius 1 is 0.514 bits per heavy atom. The fourth-order valence-corrected chi connectivity index (χ4v) is 6.30. The second-order valence-electron chi connectivity index (χ2n) is 13.1. The molecular weight excluding hydrogens is 444 g/mol. The van der Waals surface area contributed by atoms with Crippen LogP contribution >= 0.6 is 11.3 Å². The van der Waals surface area contributed by atoms with Gasteiger partial charge in [0, 0.05) is 20.2 Å². The highest BCUT2D eigenvalue weighted by Gasteiger charge is 2.23. The molecule has 1 aromatic heterocycles. The summed E-state index contributed by atoms with van der Waals surface area (Å²) >= 11 is 1.72. The van der Waals surface area contributed by atoms with Crippen LogP contribution in [0.1, 0.15) is 79.0 Å². The lowest BCUT2D eigenvalue weighted by molar-refractivity contribution is 0.585. The summed E-state index contributed by atoms with van der Waals surface area (Å²) < 4.78 is 2.11. The third kappa shape index (κ3) is 4.06. The molecule has 0 N–H and O–H groups in total. The molecule has 1 heterocycles. The highest BCUT2D eigenvalue weighted by Crippen LogP contribution is 2.40. The molecule has 0 atom stereocenters. The topological polar surface area (TPSA) is 17.1 Å². The molecule has 0 fully saturated rings. The maximum atomic E-state index is 13.7. The average Bonchev–Trinajstić information content (AvgIpc) is 2.73. The van der Waals surface area contributed by atoms with Gasteiger partial charge >= 0.3 is 0 Å². The first-order chi connectivity index (χ1) is 16.1. The molecule has 0 bridgehead atoms. The molecule has 0 aliphatic heterocycles. The first-order valence-corrected chi connectivity index (χ1v) is 13.4. The third-order valence-corrected chi connectivity index (χ3v) is 8.38. The van der Waals surface area contributed by atoms with Gasteiger partial charge in [0.15, 0.2) is 5.43 Å². The Bertz CT molecular complexity index is 1700. The predicted octanol–water partition coefficient (Wildman–Crippen LogP) is 9.61. The molecule has 5 aromatic rings. The van der Waals surface area contributed by atoms with Gasteiger partial charge in [0.2, 0.25) is 0 Å². The highest BCUT2D eigenvalue weighted by molar-refractivity contribution is 7.24. The van der Waals surface area contributed by atoms with Crippen molar-refractivity contribution in [2.45, 2.75) is 78.6 Å². The molecule has 4 aromatic carbocycles. The molecule has 2 heteroatoms. The molecule has 0 spiro atoms. The van der Waals surface area contributed by atoms with E-state index in [4.69, 9.17) is 0 Å². The molecule has 0 aliphatic rings. The van der Waals surface area contributed by atoms with E-state index in [-0.39, 0.29) is 21.7 Å². The lowest BCUT2D eigenvalue weighted by Crippen LogP contribution is -2.16. The zero-order valence-electron chi connectivity index (χ0n) is 22.5. The summed E-state index contributed by atoms with van der Waals surface area (Å²) in [7, 11) is 0. The van der Waals surface area contributed by atoms with Gasteiger partial charge in [-0.3, -0.25) is 4.79 Å². The number of fused-ring (bicyclic) bond motifs is 4. The second kappa shape index (κ2) is 7.64. The number of hydrogen-bond acceptors (Lipinski definition) is 2. The van der Waals surface area contributed by atoms with Gasteiger partial charge in [-0.05, 0) is 90.9 Å². The first-order valence-electron chi connectivity index (χ1n) is 12.6. The summed E-state index contributed by atoms with van der Waals surface area (Å²) in [6.07, 6.45) is 0. The molecule has 35 heavy (non-hydrogen) atoms. The summed E-state index contributed by atoms with van der Waals surface area (Å²) in [5.41, 5.74) is 4.14.